The molecule has 1 aromatic carbocycles. The van der Waals surface area contributed by atoms with Crippen LogP contribution in [0.25, 0.3) is 11.4 Å². The van der Waals surface area contributed by atoms with Crippen molar-refractivity contribution in [3.8, 4) is 11.4 Å². The minimum absolute atomic E-state index is 0.289. The molecule has 4 heterocycles. The lowest BCUT2D eigenvalue weighted by atomic mass is 9.82. The fourth-order valence-corrected chi connectivity index (χ4v) is 4.58. The van der Waals surface area contributed by atoms with Crippen LogP contribution in [-0.4, -0.2) is 67.0 Å². The number of aromatic nitrogens is 2. The van der Waals surface area contributed by atoms with Gasteiger partial charge in [-0.05, 0) is 24.8 Å². The van der Waals surface area contributed by atoms with Crippen LogP contribution in [0.4, 0.5) is 0 Å². The lowest BCUT2D eigenvalue weighted by Crippen LogP contribution is -2.52. The normalized spacial score (nSPS) is 23.3. The molecule has 6 heteroatoms. The molecule has 2 aromatic rings. The van der Waals surface area contributed by atoms with Crippen molar-refractivity contribution in [3.63, 3.8) is 0 Å². The van der Waals surface area contributed by atoms with Gasteiger partial charge in [0.25, 0.3) is 0 Å². The Morgan fingerprint density at radius 2 is 1.71 bits per heavy atom. The Morgan fingerprint density at radius 1 is 0.964 bits per heavy atom. The molecular formula is C22H27N3O3. The summed E-state index contributed by atoms with van der Waals surface area (Å²) in [5.74, 6) is 0.789. The number of rotatable bonds is 2. The van der Waals surface area contributed by atoms with Gasteiger partial charge < -0.3 is 14.2 Å². The van der Waals surface area contributed by atoms with Gasteiger partial charge in [-0.15, -0.1) is 0 Å². The molecule has 3 aliphatic rings. The summed E-state index contributed by atoms with van der Waals surface area (Å²) in [7, 11) is 0. The molecule has 1 aromatic heterocycles. The van der Waals surface area contributed by atoms with Crippen LogP contribution >= 0.6 is 0 Å². The van der Waals surface area contributed by atoms with Gasteiger partial charge in [-0.3, -0.25) is 4.90 Å². The lowest BCUT2D eigenvalue weighted by molar-refractivity contribution is -0.110. The first-order valence-electron chi connectivity index (χ1n) is 10.3. The van der Waals surface area contributed by atoms with Gasteiger partial charge in [0.1, 0.15) is 5.60 Å². The van der Waals surface area contributed by atoms with E-state index in [1.54, 1.807) is 0 Å². The standard InChI is InChI=1S/C22H27N3O3/c1-2-4-17(5-3-1)21-23-14-18-6-11-28-22(20(18)24-21)7-9-25(10-8-22)19-15-26-12-13-27-16-19/h1-5,14,19H,6-13,15-16H2. The molecule has 0 unspecified atom stereocenters. The molecule has 6 nitrogen and oxygen atoms in total. The highest BCUT2D eigenvalue weighted by molar-refractivity contribution is 5.55. The molecule has 0 amide bonds. The van der Waals surface area contributed by atoms with Gasteiger partial charge in [0.15, 0.2) is 5.82 Å². The lowest BCUT2D eigenvalue weighted by Gasteiger charge is -2.45. The largest absolute Gasteiger partial charge is 0.377 e. The second-order valence-electron chi connectivity index (χ2n) is 7.87. The Morgan fingerprint density at radius 3 is 2.46 bits per heavy atom. The van der Waals surface area contributed by atoms with Gasteiger partial charge in [0, 0.05) is 24.8 Å². The van der Waals surface area contributed by atoms with E-state index in [-0.39, 0.29) is 5.60 Å². The Kier molecular flexibility index (Phi) is 5.11. The zero-order chi connectivity index (χ0) is 18.8. The molecule has 0 aliphatic carbocycles. The first kappa shape index (κ1) is 18.2. The predicted molar refractivity (Wildman–Crippen MR) is 105 cm³/mol. The zero-order valence-electron chi connectivity index (χ0n) is 16.2. The predicted octanol–water partition coefficient (Wildman–Crippen LogP) is 2.42. The summed E-state index contributed by atoms with van der Waals surface area (Å²) >= 11 is 0. The van der Waals surface area contributed by atoms with E-state index in [0.29, 0.717) is 19.3 Å². The molecule has 2 saturated heterocycles. The fraction of sp³-hybridized carbons (Fsp3) is 0.545. The highest BCUT2D eigenvalue weighted by Gasteiger charge is 2.43. The average Bonchev–Trinajstić information content (AvgIpc) is 3.05. The molecule has 0 bridgehead atoms. The maximum Gasteiger partial charge on any atom is 0.159 e. The first-order chi connectivity index (χ1) is 13.8. The molecule has 0 N–H and O–H groups in total. The van der Waals surface area contributed by atoms with Crippen molar-refractivity contribution in [2.75, 3.05) is 46.1 Å². The number of likely N-dealkylation sites (tertiary alicyclic amines) is 1. The highest BCUT2D eigenvalue weighted by Crippen LogP contribution is 2.41. The molecular weight excluding hydrogens is 354 g/mol. The van der Waals surface area contributed by atoms with E-state index >= 15 is 0 Å². The van der Waals surface area contributed by atoms with E-state index in [0.717, 1.165) is 69.3 Å². The van der Waals surface area contributed by atoms with E-state index < -0.39 is 0 Å². The van der Waals surface area contributed by atoms with Crippen molar-refractivity contribution in [3.05, 3.63) is 47.8 Å². The van der Waals surface area contributed by atoms with Crippen LogP contribution in [0.2, 0.25) is 0 Å². The van der Waals surface area contributed by atoms with Crippen molar-refractivity contribution in [1.29, 1.82) is 0 Å². The number of hydrogen-bond donors (Lipinski definition) is 0. The molecule has 0 atom stereocenters. The van der Waals surface area contributed by atoms with Crippen molar-refractivity contribution in [2.45, 2.75) is 30.9 Å². The quantitative estimate of drug-likeness (QED) is 0.796. The molecule has 0 radical (unpaired) electrons. The van der Waals surface area contributed by atoms with Crippen molar-refractivity contribution >= 4 is 0 Å². The topological polar surface area (TPSA) is 56.7 Å². The van der Waals surface area contributed by atoms with Gasteiger partial charge >= 0.3 is 0 Å². The minimum Gasteiger partial charge on any atom is -0.377 e. The van der Waals surface area contributed by atoms with Crippen LogP contribution in [0, 0.1) is 0 Å². The number of fused-ring (bicyclic) bond motifs is 2. The number of benzene rings is 1. The highest BCUT2D eigenvalue weighted by atomic mass is 16.5. The number of nitrogens with zero attached hydrogens (tertiary/aromatic N) is 3. The van der Waals surface area contributed by atoms with Crippen molar-refractivity contribution in [1.82, 2.24) is 14.9 Å². The summed E-state index contributed by atoms with van der Waals surface area (Å²) < 4.78 is 17.8. The van der Waals surface area contributed by atoms with Gasteiger partial charge in [-0.2, -0.15) is 0 Å². The van der Waals surface area contributed by atoms with E-state index in [2.05, 4.69) is 22.0 Å². The van der Waals surface area contributed by atoms with Crippen molar-refractivity contribution in [2.24, 2.45) is 0 Å². The molecule has 1 spiro atoms. The summed E-state index contributed by atoms with van der Waals surface area (Å²) in [6, 6.07) is 10.5. The molecule has 148 valence electrons. The van der Waals surface area contributed by atoms with Gasteiger partial charge in [-0.1, -0.05) is 30.3 Å². The SMILES string of the molecule is c1ccc(-c2ncc3c(n2)C2(CCN(C4COCCOC4)CC2)OCC3)cc1. The summed E-state index contributed by atoms with van der Waals surface area (Å²) in [6.45, 7) is 5.60. The number of ether oxygens (including phenoxy) is 3. The van der Waals surface area contributed by atoms with Gasteiger partial charge in [0.05, 0.1) is 44.8 Å². The van der Waals surface area contributed by atoms with Gasteiger partial charge in [-0.25, -0.2) is 9.97 Å². The molecule has 0 saturated carbocycles. The van der Waals surface area contributed by atoms with E-state index in [1.165, 1.54) is 5.56 Å². The third kappa shape index (κ3) is 3.46. The molecule has 28 heavy (non-hydrogen) atoms. The Bertz CT molecular complexity index is 798. The average molecular weight is 381 g/mol. The number of hydrogen-bond acceptors (Lipinski definition) is 6. The van der Waals surface area contributed by atoms with E-state index in [9.17, 15) is 0 Å². The van der Waals surface area contributed by atoms with Crippen LogP contribution in [0.3, 0.4) is 0 Å². The molecule has 5 rings (SSSR count). The van der Waals surface area contributed by atoms with Crippen LogP contribution in [0.15, 0.2) is 36.5 Å². The van der Waals surface area contributed by atoms with Crippen LogP contribution in [-0.2, 0) is 26.2 Å². The Hall–Kier alpha value is -1.86. The van der Waals surface area contributed by atoms with Crippen LogP contribution in [0.5, 0.6) is 0 Å². The van der Waals surface area contributed by atoms with E-state index in [1.807, 2.05) is 24.4 Å². The Balaban J connectivity index is 1.38. The van der Waals surface area contributed by atoms with E-state index in [4.69, 9.17) is 19.2 Å². The summed E-state index contributed by atoms with van der Waals surface area (Å²) in [4.78, 5) is 12.1. The smallest absolute Gasteiger partial charge is 0.159 e. The first-order valence-corrected chi connectivity index (χ1v) is 10.3. The summed E-state index contributed by atoms with van der Waals surface area (Å²) in [5.41, 5.74) is 3.10. The monoisotopic (exact) mass is 381 g/mol. The third-order valence-corrected chi connectivity index (χ3v) is 6.19. The fourth-order valence-electron chi connectivity index (χ4n) is 4.58. The zero-order valence-corrected chi connectivity index (χ0v) is 16.2. The second kappa shape index (κ2) is 7.87. The van der Waals surface area contributed by atoms with Crippen molar-refractivity contribution < 1.29 is 14.2 Å². The molecule has 3 aliphatic heterocycles. The molecule has 2 fully saturated rings. The van der Waals surface area contributed by atoms with Crippen LogP contribution in [0.1, 0.15) is 24.1 Å². The van der Waals surface area contributed by atoms with Crippen LogP contribution < -0.4 is 0 Å². The second-order valence-corrected chi connectivity index (χ2v) is 7.87. The Labute approximate surface area is 165 Å². The minimum atomic E-state index is -0.289. The maximum absolute atomic E-state index is 6.40. The summed E-state index contributed by atoms with van der Waals surface area (Å²) in [5, 5.41) is 0. The number of piperidine rings is 1. The van der Waals surface area contributed by atoms with Gasteiger partial charge in [0.2, 0.25) is 0 Å². The maximum atomic E-state index is 6.40. The third-order valence-electron chi connectivity index (χ3n) is 6.19. The summed E-state index contributed by atoms with van der Waals surface area (Å²) in [6.07, 6.45) is 4.79.